The van der Waals surface area contributed by atoms with Crippen LogP contribution in [0.15, 0.2) is 72.8 Å². The van der Waals surface area contributed by atoms with Crippen LogP contribution in [0.4, 0.5) is 0 Å². The highest BCUT2D eigenvalue weighted by Gasteiger charge is 2.31. The van der Waals surface area contributed by atoms with Gasteiger partial charge in [-0.1, -0.05) is 83.9 Å². The number of aryl methyl sites for hydroxylation is 1. The molecule has 0 radical (unpaired) electrons. The molecule has 4 nitrogen and oxygen atoms in total. The van der Waals surface area contributed by atoms with Crippen molar-refractivity contribution in [1.29, 1.82) is 0 Å². The Bertz CT molecular complexity index is 1130. The van der Waals surface area contributed by atoms with Gasteiger partial charge < -0.3 is 10.2 Å². The van der Waals surface area contributed by atoms with E-state index in [0.717, 1.165) is 22.3 Å². The van der Waals surface area contributed by atoms with Crippen molar-refractivity contribution in [2.45, 2.75) is 52.2 Å². The van der Waals surface area contributed by atoms with E-state index in [1.54, 1.807) is 17.0 Å². The van der Waals surface area contributed by atoms with Gasteiger partial charge in [-0.15, -0.1) is 0 Å². The number of benzene rings is 3. The van der Waals surface area contributed by atoms with E-state index in [-0.39, 0.29) is 30.8 Å². The van der Waals surface area contributed by atoms with E-state index in [0.29, 0.717) is 16.5 Å². The Labute approximate surface area is 211 Å². The topological polar surface area (TPSA) is 49.4 Å². The van der Waals surface area contributed by atoms with E-state index in [1.807, 2.05) is 81.4 Å². The third-order valence-corrected chi connectivity index (χ3v) is 6.38. The molecule has 0 aliphatic heterocycles. The van der Waals surface area contributed by atoms with Crippen molar-refractivity contribution in [3.63, 3.8) is 0 Å². The maximum absolute atomic E-state index is 13.7. The largest absolute Gasteiger partial charge is 0.352 e. The van der Waals surface area contributed by atoms with Crippen LogP contribution in [0.3, 0.4) is 0 Å². The predicted octanol–water partition coefficient (Wildman–Crippen LogP) is 6.01. The van der Waals surface area contributed by atoms with Crippen molar-refractivity contribution < 1.29 is 9.59 Å². The summed E-state index contributed by atoms with van der Waals surface area (Å²) in [6.45, 7) is 6.05. The van der Waals surface area contributed by atoms with E-state index in [1.165, 1.54) is 0 Å². The smallest absolute Gasteiger partial charge is 0.243 e. The van der Waals surface area contributed by atoms with Crippen LogP contribution < -0.4 is 5.32 Å². The second-order valence-electron chi connectivity index (χ2n) is 8.74. The zero-order chi connectivity index (χ0) is 24.7. The minimum atomic E-state index is -0.684. The molecule has 178 valence electrons. The average Bonchev–Trinajstić information content (AvgIpc) is 2.80. The SMILES string of the molecule is Cc1ccccc1CC(=O)N(Cc1ccc(Cl)c(Cl)c1)[C@H](Cc1ccccc1)C(=O)NC(C)C. The first kappa shape index (κ1) is 25.8. The van der Waals surface area contributed by atoms with E-state index in [2.05, 4.69) is 5.32 Å². The fourth-order valence-electron chi connectivity index (χ4n) is 3.84. The summed E-state index contributed by atoms with van der Waals surface area (Å²) in [5, 5.41) is 3.86. The summed E-state index contributed by atoms with van der Waals surface area (Å²) in [7, 11) is 0. The molecule has 3 aromatic rings. The quantitative estimate of drug-likeness (QED) is 0.394. The van der Waals surface area contributed by atoms with E-state index in [9.17, 15) is 9.59 Å². The molecule has 0 aliphatic carbocycles. The zero-order valence-electron chi connectivity index (χ0n) is 19.7. The maximum Gasteiger partial charge on any atom is 0.243 e. The van der Waals surface area contributed by atoms with Crippen LogP contribution in [-0.2, 0) is 29.0 Å². The first-order valence-electron chi connectivity index (χ1n) is 11.4. The lowest BCUT2D eigenvalue weighted by Crippen LogP contribution is -2.52. The molecule has 0 aliphatic rings. The highest BCUT2D eigenvalue weighted by atomic mass is 35.5. The summed E-state index contributed by atoms with van der Waals surface area (Å²) < 4.78 is 0. The molecule has 2 amide bonds. The fourth-order valence-corrected chi connectivity index (χ4v) is 4.16. The van der Waals surface area contributed by atoms with Crippen LogP contribution in [0.2, 0.25) is 10.0 Å². The maximum atomic E-state index is 13.7. The van der Waals surface area contributed by atoms with Gasteiger partial charge in [-0.3, -0.25) is 9.59 Å². The van der Waals surface area contributed by atoms with Gasteiger partial charge in [-0.25, -0.2) is 0 Å². The molecule has 0 bridgehead atoms. The van der Waals surface area contributed by atoms with Gasteiger partial charge in [0.05, 0.1) is 16.5 Å². The number of halogens is 2. The molecule has 1 atom stereocenters. The van der Waals surface area contributed by atoms with Crippen LogP contribution >= 0.6 is 23.2 Å². The fraction of sp³-hybridized carbons (Fsp3) is 0.286. The molecule has 3 aromatic carbocycles. The normalized spacial score (nSPS) is 11.8. The number of carbonyl (C=O) groups excluding carboxylic acids is 2. The number of nitrogens with zero attached hydrogens (tertiary/aromatic N) is 1. The van der Waals surface area contributed by atoms with Crippen LogP contribution in [0.1, 0.15) is 36.1 Å². The predicted molar refractivity (Wildman–Crippen MR) is 139 cm³/mol. The Morgan fingerprint density at radius 2 is 1.56 bits per heavy atom. The van der Waals surface area contributed by atoms with Crippen LogP contribution in [-0.4, -0.2) is 28.8 Å². The third kappa shape index (κ3) is 7.09. The van der Waals surface area contributed by atoms with Crippen molar-refractivity contribution in [1.82, 2.24) is 10.2 Å². The minimum absolute atomic E-state index is 0.0518. The van der Waals surface area contributed by atoms with Gasteiger partial charge in [0.1, 0.15) is 6.04 Å². The molecule has 0 saturated heterocycles. The van der Waals surface area contributed by atoms with Crippen molar-refractivity contribution in [3.05, 3.63) is 105 Å². The average molecular weight is 497 g/mol. The second-order valence-corrected chi connectivity index (χ2v) is 9.56. The Balaban J connectivity index is 2.00. The Morgan fingerprint density at radius 1 is 0.882 bits per heavy atom. The van der Waals surface area contributed by atoms with Crippen molar-refractivity contribution >= 4 is 35.0 Å². The number of rotatable bonds is 9. The second kappa shape index (κ2) is 12.0. The number of hydrogen-bond acceptors (Lipinski definition) is 2. The monoisotopic (exact) mass is 496 g/mol. The molecule has 0 fully saturated rings. The van der Waals surface area contributed by atoms with E-state index in [4.69, 9.17) is 23.2 Å². The molecule has 0 saturated carbocycles. The first-order valence-corrected chi connectivity index (χ1v) is 12.1. The molecule has 0 unspecified atom stereocenters. The van der Waals surface area contributed by atoms with Gasteiger partial charge in [-0.2, -0.15) is 0 Å². The zero-order valence-corrected chi connectivity index (χ0v) is 21.2. The van der Waals surface area contributed by atoms with Crippen molar-refractivity contribution in [2.24, 2.45) is 0 Å². The highest BCUT2D eigenvalue weighted by Crippen LogP contribution is 2.25. The summed E-state index contributed by atoms with van der Waals surface area (Å²) in [6.07, 6.45) is 0.606. The molecule has 6 heteroatoms. The van der Waals surface area contributed by atoms with Crippen LogP contribution in [0, 0.1) is 6.92 Å². The van der Waals surface area contributed by atoms with Gasteiger partial charge >= 0.3 is 0 Å². The summed E-state index contributed by atoms with van der Waals surface area (Å²) >= 11 is 12.4. The molecular weight excluding hydrogens is 467 g/mol. The minimum Gasteiger partial charge on any atom is -0.352 e. The Morgan fingerprint density at radius 3 is 2.21 bits per heavy atom. The summed E-state index contributed by atoms with van der Waals surface area (Å²) in [5.74, 6) is -0.308. The molecular formula is C28H30Cl2N2O2. The lowest BCUT2D eigenvalue weighted by atomic mass is 10.00. The molecule has 34 heavy (non-hydrogen) atoms. The van der Waals surface area contributed by atoms with E-state index >= 15 is 0 Å². The van der Waals surface area contributed by atoms with Gasteiger partial charge in [0.2, 0.25) is 11.8 Å². The van der Waals surface area contributed by atoms with Crippen LogP contribution in [0.25, 0.3) is 0 Å². The van der Waals surface area contributed by atoms with Crippen LogP contribution in [0.5, 0.6) is 0 Å². The molecule has 0 heterocycles. The molecule has 0 aromatic heterocycles. The van der Waals surface area contributed by atoms with Gasteiger partial charge in [-0.05, 0) is 55.2 Å². The van der Waals surface area contributed by atoms with Gasteiger partial charge in [0, 0.05) is 19.0 Å². The number of carbonyl (C=O) groups is 2. The third-order valence-electron chi connectivity index (χ3n) is 5.64. The standard InChI is InChI=1S/C28H30Cl2N2O2/c1-19(2)31-28(34)26(16-21-10-5-4-6-11-21)32(18-22-13-14-24(29)25(30)15-22)27(33)17-23-12-8-7-9-20(23)3/h4-15,19,26H,16-18H2,1-3H3,(H,31,34)/t26-/m1/s1. The van der Waals surface area contributed by atoms with Crippen molar-refractivity contribution in [2.75, 3.05) is 0 Å². The molecule has 3 rings (SSSR count). The van der Waals surface area contributed by atoms with Crippen molar-refractivity contribution in [3.8, 4) is 0 Å². The number of nitrogens with one attached hydrogen (secondary N) is 1. The lowest BCUT2D eigenvalue weighted by Gasteiger charge is -2.32. The summed E-state index contributed by atoms with van der Waals surface area (Å²) in [5.41, 5.74) is 3.77. The summed E-state index contributed by atoms with van der Waals surface area (Å²) in [4.78, 5) is 28.8. The van der Waals surface area contributed by atoms with Gasteiger partial charge in [0.15, 0.2) is 0 Å². The first-order chi connectivity index (χ1) is 16.2. The van der Waals surface area contributed by atoms with E-state index < -0.39 is 6.04 Å². The Hall–Kier alpha value is -2.82. The van der Waals surface area contributed by atoms with Gasteiger partial charge in [0.25, 0.3) is 0 Å². The molecule has 0 spiro atoms. The summed E-state index contributed by atoms with van der Waals surface area (Å²) in [6, 6.07) is 22.1. The highest BCUT2D eigenvalue weighted by molar-refractivity contribution is 6.42. The Kier molecular flexibility index (Phi) is 9.14. The number of hydrogen-bond donors (Lipinski definition) is 1. The number of amides is 2. The lowest BCUT2D eigenvalue weighted by molar-refractivity contribution is -0.141. The molecule has 1 N–H and O–H groups in total.